The van der Waals surface area contributed by atoms with Crippen molar-refractivity contribution in [1.82, 2.24) is 0 Å². The summed E-state index contributed by atoms with van der Waals surface area (Å²) < 4.78 is 52.0. The van der Waals surface area contributed by atoms with Crippen LogP contribution in [0.5, 0.6) is 5.75 Å². The van der Waals surface area contributed by atoms with Crippen LogP contribution in [-0.4, -0.2) is 19.2 Å². The monoisotopic (exact) mass is 380 g/mol. The molecule has 2 aromatic carbocycles. The van der Waals surface area contributed by atoms with E-state index in [0.717, 1.165) is 19.3 Å². The van der Waals surface area contributed by atoms with Gasteiger partial charge in [-0.3, -0.25) is 0 Å². The lowest BCUT2D eigenvalue weighted by Gasteiger charge is -2.32. The van der Waals surface area contributed by atoms with Crippen LogP contribution in [0.25, 0.3) is 10.8 Å². The van der Waals surface area contributed by atoms with Crippen molar-refractivity contribution in [1.29, 1.82) is 0 Å². The van der Waals surface area contributed by atoms with Gasteiger partial charge in [0.1, 0.15) is 11.3 Å². The van der Waals surface area contributed by atoms with Crippen LogP contribution in [0.15, 0.2) is 30.3 Å². The standard InChI is InChI=1S/C21H23F3O3/c1-12-8-13(2)10-16(9-12)27-18-7-5-14-11-15(20(25)26-3)4-6-17(14)19(18)21(22,23)24/h4-7,11-13,16H,8-10H2,1-3H3/t12-,13+,16?. The number of esters is 1. The Morgan fingerprint density at radius 3 is 2.30 bits per heavy atom. The molecule has 3 nitrogen and oxygen atoms in total. The number of carbonyl (C=O) groups excluding carboxylic acids is 1. The maximum Gasteiger partial charge on any atom is 0.420 e. The van der Waals surface area contributed by atoms with Crippen LogP contribution in [0, 0.1) is 11.8 Å². The van der Waals surface area contributed by atoms with Crippen molar-refractivity contribution in [2.45, 2.75) is 45.4 Å². The van der Waals surface area contributed by atoms with Crippen LogP contribution in [0.3, 0.4) is 0 Å². The van der Waals surface area contributed by atoms with Gasteiger partial charge in [-0.05, 0) is 60.1 Å². The predicted molar refractivity (Wildman–Crippen MR) is 96.9 cm³/mol. The third kappa shape index (κ3) is 4.20. The molecule has 1 saturated carbocycles. The van der Waals surface area contributed by atoms with Crippen LogP contribution >= 0.6 is 0 Å². The third-order valence-corrected chi connectivity index (χ3v) is 5.12. The van der Waals surface area contributed by atoms with E-state index < -0.39 is 17.7 Å². The van der Waals surface area contributed by atoms with E-state index in [-0.39, 0.29) is 22.8 Å². The number of benzene rings is 2. The van der Waals surface area contributed by atoms with E-state index in [1.54, 1.807) is 6.07 Å². The highest BCUT2D eigenvalue weighted by atomic mass is 19.4. The highest BCUT2D eigenvalue weighted by molar-refractivity contribution is 5.97. The number of fused-ring (bicyclic) bond motifs is 1. The van der Waals surface area contributed by atoms with Gasteiger partial charge in [-0.1, -0.05) is 26.0 Å². The first kappa shape index (κ1) is 19.5. The minimum Gasteiger partial charge on any atom is -0.490 e. The minimum atomic E-state index is -4.56. The first-order chi connectivity index (χ1) is 12.7. The SMILES string of the molecule is COC(=O)c1ccc2c(C(F)(F)F)c(OC3C[C@@H](C)C[C@@H](C)C3)ccc2c1. The second-order valence-corrected chi connectivity index (χ2v) is 7.52. The van der Waals surface area contributed by atoms with Gasteiger partial charge in [-0.2, -0.15) is 13.2 Å². The topological polar surface area (TPSA) is 35.5 Å². The molecule has 6 heteroatoms. The lowest BCUT2D eigenvalue weighted by molar-refractivity contribution is -0.138. The fourth-order valence-corrected chi connectivity index (χ4v) is 4.09. The summed E-state index contributed by atoms with van der Waals surface area (Å²) in [4.78, 5) is 11.7. The average Bonchev–Trinajstić information content (AvgIpc) is 2.58. The molecule has 0 heterocycles. The van der Waals surface area contributed by atoms with Crippen LogP contribution in [0.2, 0.25) is 0 Å². The van der Waals surface area contributed by atoms with Crippen LogP contribution in [-0.2, 0) is 10.9 Å². The molecule has 2 aromatic rings. The molecule has 1 fully saturated rings. The first-order valence-corrected chi connectivity index (χ1v) is 9.08. The molecule has 1 unspecified atom stereocenters. The molecular formula is C21H23F3O3. The van der Waals surface area contributed by atoms with Crippen molar-refractivity contribution >= 4 is 16.7 Å². The van der Waals surface area contributed by atoms with Gasteiger partial charge in [0.2, 0.25) is 0 Å². The van der Waals surface area contributed by atoms with Crippen molar-refractivity contribution in [3.05, 3.63) is 41.5 Å². The number of hydrogen-bond donors (Lipinski definition) is 0. The maximum absolute atomic E-state index is 13.8. The summed E-state index contributed by atoms with van der Waals surface area (Å²) in [5, 5.41) is 0.340. The van der Waals surface area contributed by atoms with Gasteiger partial charge in [0.25, 0.3) is 0 Å². The Hall–Kier alpha value is -2.24. The van der Waals surface area contributed by atoms with E-state index >= 15 is 0 Å². The molecule has 0 N–H and O–H groups in total. The summed E-state index contributed by atoms with van der Waals surface area (Å²) in [6, 6.07) is 6.98. The molecule has 0 saturated heterocycles. The zero-order valence-electron chi connectivity index (χ0n) is 15.6. The summed E-state index contributed by atoms with van der Waals surface area (Å²) in [5.74, 6) is 0.121. The summed E-state index contributed by atoms with van der Waals surface area (Å²) in [6.45, 7) is 4.21. The van der Waals surface area contributed by atoms with E-state index in [2.05, 4.69) is 18.6 Å². The Balaban J connectivity index is 2.03. The van der Waals surface area contributed by atoms with E-state index in [1.807, 2.05) is 0 Å². The fourth-order valence-electron chi connectivity index (χ4n) is 4.09. The summed E-state index contributed by atoms with van der Waals surface area (Å²) in [6.07, 6.45) is -2.22. The zero-order valence-corrected chi connectivity index (χ0v) is 15.6. The number of rotatable bonds is 3. The summed E-state index contributed by atoms with van der Waals surface area (Å²) in [5.41, 5.74) is -0.580. The summed E-state index contributed by atoms with van der Waals surface area (Å²) >= 11 is 0. The number of alkyl halides is 3. The fraction of sp³-hybridized carbons (Fsp3) is 0.476. The van der Waals surface area contributed by atoms with Gasteiger partial charge in [0.05, 0.1) is 18.8 Å². The van der Waals surface area contributed by atoms with Crippen LogP contribution < -0.4 is 4.74 Å². The van der Waals surface area contributed by atoms with Gasteiger partial charge in [0.15, 0.2) is 0 Å². The Morgan fingerprint density at radius 2 is 1.70 bits per heavy atom. The molecule has 1 aliphatic carbocycles. The Bertz CT molecular complexity index is 834. The van der Waals surface area contributed by atoms with Gasteiger partial charge in [-0.25, -0.2) is 4.79 Å². The number of methoxy groups -OCH3 is 1. The normalized spacial score (nSPS) is 23.3. The van der Waals surface area contributed by atoms with Gasteiger partial charge < -0.3 is 9.47 Å². The number of halogens is 3. The zero-order chi connectivity index (χ0) is 19.8. The lowest BCUT2D eigenvalue weighted by Crippen LogP contribution is -2.29. The molecule has 1 aliphatic rings. The molecule has 0 aliphatic heterocycles. The van der Waals surface area contributed by atoms with Crippen LogP contribution in [0.1, 0.15) is 49.0 Å². The lowest BCUT2D eigenvalue weighted by atomic mass is 9.82. The molecule has 0 radical (unpaired) electrons. The molecular weight excluding hydrogens is 357 g/mol. The Morgan fingerprint density at radius 1 is 1.04 bits per heavy atom. The van der Waals surface area contributed by atoms with Gasteiger partial charge in [-0.15, -0.1) is 0 Å². The highest BCUT2D eigenvalue weighted by Crippen LogP contribution is 2.43. The number of ether oxygens (including phenoxy) is 2. The van der Waals surface area contributed by atoms with E-state index in [4.69, 9.17) is 4.74 Å². The highest BCUT2D eigenvalue weighted by Gasteiger charge is 2.38. The smallest absolute Gasteiger partial charge is 0.420 e. The molecule has 3 atom stereocenters. The van der Waals surface area contributed by atoms with E-state index in [1.165, 1.54) is 31.4 Å². The average molecular weight is 380 g/mol. The Kier molecular flexibility index (Phi) is 5.36. The molecule has 0 amide bonds. The van der Waals surface area contributed by atoms with E-state index in [9.17, 15) is 18.0 Å². The molecule has 0 aromatic heterocycles. The second-order valence-electron chi connectivity index (χ2n) is 7.52. The molecule has 0 spiro atoms. The predicted octanol–water partition coefficient (Wildman–Crippen LogP) is 5.85. The number of hydrogen-bond acceptors (Lipinski definition) is 3. The maximum atomic E-state index is 13.8. The summed E-state index contributed by atoms with van der Waals surface area (Å²) in [7, 11) is 1.23. The molecule has 146 valence electrons. The van der Waals surface area contributed by atoms with Gasteiger partial charge >= 0.3 is 12.1 Å². The minimum absolute atomic E-state index is 0.0181. The van der Waals surface area contributed by atoms with Gasteiger partial charge in [0, 0.05) is 0 Å². The number of carbonyl (C=O) groups is 1. The van der Waals surface area contributed by atoms with Crippen molar-refractivity contribution in [2.75, 3.05) is 7.11 Å². The van der Waals surface area contributed by atoms with Crippen molar-refractivity contribution in [3.8, 4) is 5.75 Å². The quantitative estimate of drug-likeness (QED) is 0.627. The second kappa shape index (κ2) is 7.41. The first-order valence-electron chi connectivity index (χ1n) is 9.08. The molecule has 0 bridgehead atoms. The van der Waals surface area contributed by atoms with Crippen molar-refractivity contribution < 1.29 is 27.4 Å². The largest absolute Gasteiger partial charge is 0.490 e. The van der Waals surface area contributed by atoms with E-state index in [0.29, 0.717) is 17.2 Å². The van der Waals surface area contributed by atoms with Crippen LogP contribution in [0.4, 0.5) is 13.2 Å². The van der Waals surface area contributed by atoms with Crippen molar-refractivity contribution in [3.63, 3.8) is 0 Å². The molecule has 27 heavy (non-hydrogen) atoms. The Labute approximate surface area is 156 Å². The van der Waals surface area contributed by atoms with Crippen molar-refractivity contribution in [2.24, 2.45) is 11.8 Å². The third-order valence-electron chi connectivity index (χ3n) is 5.12. The molecule has 3 rings (SSSR count).